The summed E-state index contributed by atoms with van der Waals surface area (Å²) >= 11 is 0. The van der Waals surface area contributed by atoms with Gasteiger partial charge in [0.15, 0.2) is 17.1 Å². The molecule has 0 unspecified atom stereocenters. The van der Waals surface area contributed by atoms with E-state index in [0.29, 0.717) is 46.5 Å². The maximum Gasteiger partial charge on any atom is 0.337 e. The van der Waals surface area contributed by atoms with Gasteiger partial charge >= 0.3 is 5.97 Å². The number of hydrogen-bond acceptors (Lipinski definition) is 8. The zero-order chi connectivity index (χ0) is 19.4. The van der Waals surface area contributed by atoms with Crippen molar-refractivity contribution >= 4 is 23.1 Å². The number of benzene rings is 2. The van der Waals surface area contributed by atoms with Crippen LogP contribution in [0.1, 0.15) is 15.9 Å². The Morgan fingerprint density at radius 2 is 1.74 bits per heavy atom. The van der Waals surface area contributed by atoms with Crippen LogP contribution in [0.2, 0.25) is 0 Å². The minimum absolute atomic E-state index is 0.334. The molecular formula is C19H20N2O6. The largest absolute Gasteiger partial charge is 0.493 e. The van der Waals surface area contributed by atoms with Gasteiger partial charge in [0.05, 0.1) is 34.0 Å². The normalized spacial score (nSPS) is 10.5. The minimum Gasteiger partial charge on any atom is -0.493 e. The van der Waals surface area contributed by atoms with Crippen molar-refractivity contribution in [3.63, 3.8) is 0 Å². The van der Waals surface area contributed by atoms with E-state index in [0.717, 1.165) is 5.56 Å². The fraction of sp³-hybridized carbons (Fsp3) is 0.263. The Bertz CT molecular complexity index is 941. The van der Waals surface area contributed by atoms with Gasteiger partial charge in [0.25, 0.3) is 6.01 Å². The van der Waals surface area contributed by atoms with E-state index in [1.54, 1.807) is 39.5 Å². The van der Waals surface area contributed by atoms with Crippen molar-refractivity contribution in [3.8, 4) is 17.2 Å². The van der Waals surface area contributed by atoms with Crippen LogP contribution >= 0.6 is 0 Å². The first-order valence-electron chi connectivity index (χ1n) is 8.11. The molecule has 1 N–H and O–H groups in total. The summed E-state index contributed by atoms with van der Waals surface area (Å²) in [5.41, 5.74) is 2.42. The molecule has 0 saturated carbocycles. The standard InChI is InChI=1S/C19H20N2O6/c1-23-15-7-11(8-16(24-2)17(15)25-3)10-20-19-21-13-6-5-12(18(22)26-4)9-14(13)27-19/h5-9H,10H2,1-4H3,(H,20,21). The van der Waals surface area contributed by atoms with Gasteiger partial charge < -0.3 is 28.7 Å². The Hall–Kier alpha value is -3.42. The van der Waals surface area contributed by atoms with Crippen LogP contribution in [0.15, 0.2) is 34.7 Å². The molecular weight excluding hydrogens is 352 g/mol. The highest BCUT2D eigenvalue weighted by molar-refractivity contribution is 5.93. The van der Waals surface area contributed by atoms with Crippen molar-refractivity contribution in [2.75, 3.05) is 33.8 Å². The van der Waals surface area contributed by atoms with Crippen LogP contribution < -0.4 is 19.5 Å². The second kappa shape index (κ2) is 7.86. The monoisotopic (exact) mass is 372 g/mol. The highest BCUT2D eigenvalue weighted by Gasteiger charge is 2.14. The third-order valence-electron chi connectivity index (χ3n) is 3.98. The molecule has 142 valence electrons. The number of nitrogens with zero attached hydrogens (tertiary/aromatic N) is 1. The minimum atomic E-state index is -0.430. The van der Waals surface area contributed by atoms with Crippen LogP contribution in [0.25, 0.3) is 11.1 Å². The van der Waals surface area contributed by atoms with Crippen LogP contribution in [0, 0.1) is 0 Å². The Morgan fingerprint density at radius 1 is 1.04 bits per heavy atom. The summed E-state index contributed by atoms with van der Waals surface area (Å²) in [6.07, 6.45) is 0. The van der Waals surface area contributed by atoms with Gasteiger partial charge in [0.1, 0.15) is 5.52 Å². The van der Waals surface area contributed by atoms with E-state index in [9.17, 15) is 4.79 Å². The van der Waals surface area contributed by atoms with Gasteiger partial charge in [-0.3, -0.25) is 0 Å². The molecule has 0 fully saturated rings. The molecule has 0 bridgehead atoms. The van der Waals surface area contributed by atoms with Crippen LogP contribution in [0.3, 0.4) is 0 Å². The SMILES string of the molecule is COC(=O)c1ccc2nc(NCc3cc(OC)c(OC)c(OC)c3)oc2c1. The van der Waals surface area contributed by atoms with Crippen molar-refractivity contribution < 1.29 is 28.2 Å². The first kappa shape index (κ1) is 18.4. The van der Waals surface area contributed by atoms with E-state index in [1.807, 2.05) is 12.1 Å². The fourth-order valence-corrected chi connectivity index (χ4v) is 2.66. The summed E-state index contributed by atoms with van der Waals surface area (Å²) in [6.45, 7) is 0.424. The number of rotatable bonds is 7. The van der Waals surface area contributed by atoms with E-state index in [1.165, 1.54) is 7.11 Å². The van der Waals surface area contributed by atoms with E-state index in [2.05, 4.69) is 10.3 Å². The maximum absolute atomic E-state index is 11.6. The Kier molecular flexibility index (Phi) is 5.35. The van der Waals surface area contributed by atoms with Gasteiger partial charge in [-0.05, 0) is 35.9 Å². The first-order valence-corrected chi connectivity index (χ1v) is 8.11. The van der Waals surface area contributed by atoms with Crippen molar-refractivity contribution in [1.29, 1.82) is 0 Å². The molecule has 0 amide bonds. The number of aromatic nitrogens is 1. The number of oxazole rings is 1. The molecule has 27 heavy (non-hydrogen) atoms. The number of hydrogen-bond donors (Lipinski definition) is 1. The molecule has 3 aromatic rings. The van der Waals surface area contributed by atoms with Gasteiger partial charge in [-0.15, -0.1) is 0 Å². The highest BCUT2D eigenvalue weighted by Crippen LogP contribution is 2.38. The van der Waals surface area contributed by atoms with Crippen molar-refractivity contribution in [2.24, 2.45) is 0 Å². The molecule has 2 aromatic carbocycles. The lowest BCUT2D eigenvalue weighted by atomic mass is 10.2. The van der Waals surface area contributed by atoms with Gasteiger partial charge in [-0.25, -0.2) is 4.79 Å². The number of anilines is 1. The number of methoxy groups -OCH3 is 4. The maximum atomic E-state index is 11.6. The van der Waals surface area contributed by atoms with Gasteiger partial charge in [0.2, 0.25) is 5.75 Å². The van der Waals surface area contributed by atoms with Crippen molar-refractivity contribution in [1.82, 2.24) is 4.98 Å². The molecule has 8 nitrogen and oxygen atoms in total. The summed E-state index contributed by atoms with van der Waals surface area (Å²) in [5, 5.41) is 3.11. The third-order valence-corrected chi connectivity index (χ3v) is 3.98. The summed E-state index contributed by atoms with van der Waals surface area (Å²) in [6, 6.07) is 8.95. The quantitative estimate of drug-likeness (QED) is 0.632. The Morgan fingerprint density at radius 3 is 2.33 bits per heavy atom. The topological polar surface area (TPSA) is 92.1 Å². The van der Waals surface area contributed by atoms with Gasteiger partial charge in [0, 0.05) is 6.54 Å². The van der Waals surface area contributed by atoms with Crippen LogP contribution in [0.4, 0.5) is 6.01 Å². The van der Waals surface area contributed by atoms with Gasteiger partial charge in [-0.1, -0.05) is 0 Å². The first-order chi connectivity index (χ1) is 13.1. The number of carbonyl (C=O) groups is 1. The number of ether oxygens (including phenoxy) is 4. The highest BCUT2D eigenvalue weighted by atomic mass is 16.5. The third kappa shape index (κ3) is 3.74. The molecule has 1 heterocycles. The lowest BCUT2D eigenvalue weighted by Gasteiger charge is -2.14. The predicted octanol–water partition coefficient (Wildman–Crippen LogP) is 3.25. The summed E-state index contributed by atoms with van der Waals surface area (Å²) < 4.78 is 26.4. The molecule has 0 spiro atoms. The fourth-order valence-electron chi connectivity index (χ4n) is 2.66. The second-order valence-corrected chi connectivity index (χ2v) is 5.58. The van der Waals surface area contributed by atoms with Crippen molar-refractivity contribution in [3.05, 3.63) is 41.5 Å². The summed E-state index contributed by atoms with van der Waals surface area (Å²) in [5.74, 6) is 1.23. The molecule has 3 rings (SSSR count). The number of carbonyl (C=O) groups excluding carboxylic acids is 1. The second-order valence-electron chi connectivity index (χ2n) is 5.58. The molecule has 0 atom stereocenters. The van der Waals surface area contributed by atoms with Crippen molar-refractivity contribution in [2.45, 2.75) is 6.54 Å². The molecule has 0 radical (unpaired) electrons. The number of nitrogens with one attached hydrogen (secondary N) is 1. The van der Waals surface area contributed by atoms with Crippen LogP contribution in [0.5, 0.6) is 17.2 Å². The molecule has 8 heteroatoms. The molecule has 0 aliphatic carbocycles. The van der Waals surface area contributed by atoms with E-state index in [4.69, 9.17) is 23.4 Å². The Balaban J connectivity index is 1.81. The molecule has 0 aliphatic rings. The summed E-state index contributed by atoms with van der Waals surface area (Å²) in [4.78, 5) is 16.0. The summed E-state index contributed by atoms with van der Waals surface area (Å²) in [7, 11) is 6.01. The molecule has 0 aliphatic heterocycles. The smallest absolute Gasteiger partial charge is 0.337 e. The predicted molar refractivity (Wildman–Crippen MR) is 98.8 cm³/mol. The average molecular weight is 372 g/mol. The Labute approximate surface area is 156 Å². The van der Waals surface area contributed by atoms with E-state index < -0.39 is 5.97 Å². The lowest BCUT2D eigenvalue weighted by Crippen LogP contribution is -2.02. The number of esters is 1. The van der Waals surface area contributed by atoms with Crippen LogP contribution in [-0.2, 0) is 11.3 Å². The average Bonchev–Trinajstić information content (AvgIpc) is 3.12. The van der Waals surface area contributed by atoms with Gasteiger partial charge in [-0.2, -0.15) is 4.98 Å². The van der Waals surface area contributed by atoms with E-state index in [-0.39, 0.29) is 0 Å². The zero-order valence-corrected chi connectivity index (χ0v) is 15.5. The van der Waals surface area contributed by atoms with E-state index >= 15 is 0 Å². The van der Waals surface area contributed by atoms with Crippen LogP contribution in [-0.4, -0.2) is 39.4 Å². The zero-order valence-electron chi connectivity index (χ0n) is 15.5. The molecule has 0 saturated heterocycles. The lowest BCUT2D eigenvalue weighted by molar-refractivity contribution is 0.0601. The molecule has 1 aromatic heterocycles. The number of fused-ring (bicyclic) bond motifs is 1.